The number of anilines is 1. The van der Waals surface area contributed by atoms with Crippen molar-refractivity contribution in [2.75, 3.05) is 24.6 Å². The van der Waals surface area contributed by atoms with Gasteiger partial charge in [-0.05, 0) is 72.0 Å². The average molecular weight is 760 g/mol. The van der Waals surface area contributed by atoms with Crippen LogP contribution >= 0.6 is 0 Å². The molecule has 4 aromatic heterocycles. The highest BCUT2D eigenvalue weighted by Gasteiger charge is 2.40. The Bertz CT molecular complexity index is 2600. The number of H-pyrrole nitrogens is 1. The molecule has 10 rings (SSSR count). The Labute approximate surface area is 327 Å². The number of benzene rings is 2. The van der Waals surface area contributed by atoms with E-state index in [0.29, 0.717) is 48.9 Å². The van der Waals surface area contributed by atoms with Gasteiger partial charge in [0, 0.05) is 102 Å². The Morgan fingerprint density at radius 1 is 0.807 bits per heavy atom. The molecule has 0 spiro atoms. The molecule has 13 heteroatoms. The lowest BCUT2D eigenvalue weighted by Crippen LogP contribution is -2.52. The molecule has 2 saturated heterocycles. The van der Waals surface area contributed by atoms with Gasteiger partial charge in [-0.1, -0.05) is 18.1 Å². The zero-order valence-electron chi connectivity index (χ0n) is 30.8. The van der Waals surface area contributed by atoms with Crippen LogP contribution in [-0.4, -0.2) is 86.6 Å². The van der Waals surface area contributed by atoms with E-state index in [1.165, 1.54) is 0 Å². The van der Waals surface area contributed by atoms with Gasteiger partial charge in [-0.25, -0.2) is 9.97 Å². The third-order valence-corrected chi connectivity index (χ3v) is 11.2. The van der Waals surface area contributed by atoms with Crippen LogP contribution in [0.25, 0.3) is 32.9 Å². The first-order valence-electron chi connectivity index (χ1n) is 19.1. The van der Waals surface area contributed by atoms with E-state index >= 15 is 0 Å². The highest BCUT2D eigenvalue weighted by Crippen LogP contribution is 2.34. The second kappa shape index (κ2) is 14.4. The fourth-order valence-electron chi connectivity index (χ4n) is 7.94. The van der Waals surface area contributed by atoms with Crippen LogP contribution in [-0.2, 0) is 20.9 Å². The average Bonchev–Trinajstić information content (AvgIpc) is 3.73. The first-order chi connectivity index (χ1) is 27.9. The number of aromatic amines is 1. The van der Waals surface area contributed by atoms with Crippen molar-refractivity contribution in [3.8, 4) is 34.6 Å². The second-order valence-electron chi connectivity index (χ2n) is 14.9. The summed E-state index contributed by atoms with van der Waals surface area (Å²) in [4.78, 5) is 57.4. The predicted octanol–water partition coefficient (Wildman–Crippen LogP) is 5.18. The van der Waals surface area contributed by atoms with E-state index in [4.69, 9.17) is 14.2 Å². The highest BCUT2D eigenvalue weighted by atomic mass is 16.5. The van der Waals surface area contributed by atoms with Crippen molar-refractivity contribution >= 4 is 45.2 Å². The van der Waals surface area contributed by atoms with Gasteiger partial charge in [0.05, 0.1) is 12.3 Å². The molecule has 284 valence electrons. The van der Waals surface area contributed by atoms with Crippen LogP contribution in [0.1, 0.15) is 47.3 Å². The zero-order chi connectivity index (χ0) is 38.5. The van der Waals surface area contributed by atoms with Gasteiger partial charge in [0.1, 0.15) is 36.3 Å². The molecule has 3 fully saturated rings. The van der Waals surface area contributed by atoms with Gasteiger partial charge < -0.3 is 29.0 Å². The summed E-state index contributed by atoms with van der Waals surface area (Å²) in [5.74, 6) is 6.54. The van der Waals surface area contributed by atoms with E-state index in [1.807, 2.05) is 60.9 Å². The molecule has 1 saturated carbocycles. The molecular weight excluding hydrogens is 723 g/mol. The lowest BCUT2D eigenvalue weighted by atomic mass is 9.92. The smallest absolute Gasteiger partial charge is 0.255 e. The number of fused-ring (bicyclic) bond motifs is 4. The predicted molar refractivity (Wildman–Crippen MR) is 210 cm³/mol. The maximum atomic E-state index is 13.0. The summed E-state index contributed by atoms with van der Waals surface area (Å²) in [6, 6.07) is 21.2. The molecule has 1 unspecified atom stereocenters. The minimum atomic E-state index is -0.620. The molecule has 3 aliphatic heterocycles. The van der Waals surface area contributed by atoms with E-state index in [1.54, 1.807) is 17.3 Å². The third kappa shape index (κ3) is 6.89. The van der Waals surface area contributed by atoms with Crippen LogP contribution in [0.4, 0.5) is 5.69 Å². The van der Waals surface area contributed by atoms with Gasteiger partial charge in [-0.15, -0.1) is 0 Å². The van der Waals surface area contributed by atoms with Gasteiger partial charge in [0.25, 0.3) is 5.91 Å². The van der Waals surface area contributed by atoms with E-state index in [-0.39, 0.29) is 43.2 Å². The maximum absolute atomic E-state index is 13.0. The minimum Gasteiger partial charge on any atom is -0.489 e. The zero-order valence-corrected chi connectivity index (χ0v) is 30.8. The number of carbonyl (C=O) groups excluding carboxylic acids is 3. The number of imide groups is 1. The summed E-state index contributed by atoms with van der Waals surface area (Å²) in [5, 5.41) is 4.61. The fraction of sp³-hybridized carbons (Fsp3) is 0.273. The monoisotopic (exact) mass is 759 g/mol. The van der Waals surface area contributed by atoms with Crippen LogP contribution in [0.5, 0.6) is 11.6 Å². The quantitative estimate of drug-likeness (QED) is 0.149. The molecule has 0 bridgehead atoms. The van der Waals surface area contributed by atoms with Crippen molar-refractivity contribution in [2.45, 2.75) is 56.6 Å². The van der Waals surface area contributed by atoms with Crippen molar-refractivity contribution in [1.29, 1.82) is 0 Å². The minimum absolute atomic E-state index is 0.0439. The van der Waals surface area contributed by atoms with Crippen LogP contribution in [0, 0.1) is 11.8 Å². The number of carbonyl (C=O) groups is 3. The maximum Gasteiger partial charge on any atom is 0.255 e. The number of nitrogens with zero attached hydrogens (tertiary/aromatic N) is 5. The molecule has 6 aromatic rings. The van der Waals surface area contributed by atoms with Gasteiger partial charge in [-0.2, -0.15) is 0 Å². The Balaban J connectivity index is 0.643. The summed E-state index contributed by atoms with van der Waals surface area (Å²) in [6.07, 6.45) is 9.48. The molecule has 7 heterocycles. The first kappa shape index (κ1) is 34.7. The second-order valence-corrected chi connectivity index (χ2v) is 14.9. The summed E-state index contributed by atoms with van der Waals surface area (Å²) in [5.41, 5.74) is 7.38. The molecule has 2 N–H and O–H groups in total. The SMILES string of the molecule is O=C1CCC(N2Cc3cc(N4CC(OCC#Cc5ccc(OC6CC(Oc7ccc(-c8ccc9c(c8)[nH]c8ccncc89)cn7)C6)cn5)C4)ccc3C2=O)C(=O)N1. The molecule has 3 amide bonds. The van der Waals surface area contributed by atoms with Crippen molar-refractivity contribution in [3.63, 3.8) is 0 Å². The highest BCUT2D eigenvalue weighted by molar-refractivity contribution is 6.08. The normalized spacial score (nSPS) is 20.4. The number of nitrogens with one attached hydrogen (secondary N) is 2. The topological polar surface area (TPSA) is 152 Å². The van der Waals surface area contributed by atoms with E-state index in [0.717, 1.165) is 57.0 Å². The Hall–Kier alpha value is -6.78. The summed E-state index contributed by atoms with van der Waals surface area (Å²) < 4.78 is 18.2. The standard InChI is InChI=1S/C44H37N7O6/c52-41-11-10-40(43(53)49-41)51-23-28-16-30(6-9-35(28)44(51)54)50-24-34(25-50)55-15-1-2-29-5-7-31(21-46-29)56-32-18-33(19-32)57-42-12-4-27(20-47-42)26-3-8-36-37-22-45-14-13-38(37)48-39(36)17-26/h3-9,12-14,16-17,20-22,32-34,40,48H,10-11,15,18-19,23-25H2,(H,49,52,53). The third-order valence-electron chi connectivity index (χ3n) is 11.2. The van der Waals surface area contributed by atoms with Gasteiger partial charge >= 0.3 is 0 Å². The van der Waals surface area contributed by atoms with E-state index < -0.39 is 11.9 Å². The van der Waals surface area contributed by atoms with Crippen LogP contribution < -0.4 is 19.7 Å². The van der Waals surface area contributed by atoms with E-state index in [9.17, 15) is 14.4 Å². The summed E-state index contributed by atoms with van der Waals surface area (Å²) >= 11 is 0. The van der Waals surface area contributed by atoms with Crippen LogP contribution in [0.3, 0.4) is 0 Å². The number of hydrogen-bond acceptors (Lipinski definition) is 10. The van der Waals surface area contributed by atoms with Crippen molar-refractivity contribution in [1.82, 2.24) is 30.2 Å². The number of aromatic nitrogens is 4. The van der Waals surface area contributed by atoms with Gasteiger partial charge in [0.2, 0.25) is 17.7 Å². The largest absolute Gasteiger partial charge is 0.489 e. The lowest BCUT2D eigenvalue weighted by Gasteiger charge is -2.40. The van der Waals surface area contributed by atoms with Crippen LogP contribution in [0.2, 0.25) is 0 Å². The molecule has 1 aliphatic carbocycles. The van der Waals surface area contributed by atoms with Crippen LogP contribution in [0.15, 0.2) is 91.5 Å². The van der Waals surface area contributed by atoms with Gasteiger partial charge in [0.15, 0.2) is 0 Å². The molecule has 2 aromatic carbocycles. The molecule has 13 nitrogen and oxygen atoms in total. The summed E-state index contributed by atoms with van der Waals surface area (Å²) in [7, 11) is 0. The molecule has 1 atom stereocenters. The number of ether oxygens (including phenoxy) is 3. The first-order valence-corrected chi connectivity index (χ1v) is 19.1. The fourth-order valence-corrected chi connectivity index (χ4v) is 7.94. The summed E-state index contributed by atoms with van der Waals surface area (Å²) in [6.45, 7) is 2.08. The molecule has 57 heavy (non-hydrogen) atoms. The van der Waals surface area contributed by atoms with E-state index in [2.05, 4.69) is 60.2 Å². The lowest BCUT2D eigenvalue weighted by molar-refractivity contribution is -0.136. The van der Waals surface area contributed by atoms with Gasteiger partial charge in [-0.3, -0.25) is 24.7 Å². The van der Waals surface area contributed by atoms with Crippen molar-refractivity contribution < 1.29 is 28.6 Å². The molecule has 4 aliphatic rings. The number of piperidine rings is 1. The number of rotatable bonds is 9. The van der Waals surface area contributed by atoms with Crippen molar-refractivity contribution in [2.24, 2.45) is 0 Å². The molecular formula is C44H37N7O6. The Morgan fingerprint density at radius 3 is 2.51 bits per heavy atom. The Morgan fingerprint density at radius 2 is 1.68 bits per heavy atom. The number of pyridine rings is 3. The Kier molecular flexibility index (Phi) is 8.75. The van der Waals surface area contributed by atoms with Crippen molar-refractivity contribution in [3.05, 3.63) is 108 Å². The molecule has 0 radical (unpaired) electrons. The number of amides is 3. The number of hydrogen-bond donors (Lipinski definition) is 2.